The number of nitrogens with one attached hydrogen (secondary N) is 2. The number of carbonyl (C=O) groups is 3. The average molecular weight is 465 g/mol. The van der Waals surface area contributed by atoms with Crippen LogP contribution in [-0.4, -0.2) is 30.0 Å². The highest BCUT2D eigenvalue weighted by atomic mass is 32.2. The van der Waals surface area contributed by atoms with E-state index in [9.17, 15) is 14.4 Å². The number of carbonyl (C=O) groups excluding carboxylic acids is 2. The van der Waals surface area contributed by atoms with E-state index in [-0.39, 0.29) is 24.7 Å². The van der Waals surface area contributed by atoms with Crippen molar-refractivity contribution < 1.29 is 24.2 Å². The first-order chi connectivity index (χ1) is 15.9. The molecule has 3 aromatic rings. The Morgan fingerprint density at radius 1 is 0.879 bits per heavy atom. The Hall–Kier alpha value is -3.78. The van der Waals surface area contributed by atoms with Crippen molar-refractivity contribution in [2.24, 2.45) is 0 Å². The fourth-order valence-electron chi connectivity index (χ4n) is 3.01. The van der Waals surface area contributed by atoms with Gasteiger partial charge in [-0.15, -0.1) is 11.8 Å². The molecule has 0 saturated carbocycles. The van der Waals surface area contributed by atoms with E-state index in [1.54, 1.807) is 49.6 Å². The zero-order chi connectivity index (χ0) is 23.6. The van der Waals surface area contributed by atoms with Crippen LogP contribution in [0.5, 0.6) is 5.75 Å². The molecule has 0 aliphatic rings. The Bertz CT molecular complexity index is 1100. The number of ether oxygens (including phenoxy) is 1. The van der Waals surface area contributed by atoms with Crippen molar-refractivity contribution in [2.75, 3.05) is 17.7 Å². The number of anilines is 2. The number of carboxylic acids is 1. The topological polar surface area (TPSA) is 105 Å². The number of thioether (sulfide) groups is 1. The molecule has 0 radical (unpaired) electrons. The Kier molecular flexibility index (Phi) is 8.49. The summed E-state index contributed by atoms with van der Waals surface area (Å²) >= 11 is 1.35. The lowest BCUT2D eigenvalue weighted by Gasteiger charge is -2.18. The normalized spacial score (nSPS) is 11.3. The van der Waals surface area contributed by atoms with Crippen LogP contribution in [0.2, 0.25) is 0 Å². The molecule has 8 heteroatoms. The van der Waals surface area contributed by atoms with Crippen molar-refractivity contribution >= 4 is 40.9 Å². The quantitative estimate of drug-likeness (QED) is 0.366. The molecule has 2 amide bonds. The van der Waals surface area contributed by atoms with Gasteiger partial charge in [0.05, 0.1) is 13.5 Å². The van der Waals surface area contributed by atoms with Crippen molar-refractivity contribution in [3.05, 3.63) is 84.4 Å². The molecule has 3 aromatic carbocycles. The van der Waals surface area contributed by atoms with Crippen molar-refractivity contribution in [1.29, 1.82) is 0 Å². The van der Waals surface area contributed by atoms with Gasteiger partial charge in [-0.2, -0.15) is 0 Å². The second kappa shape index (κ2) is 11.7. The standard InChI is InChI=1S/C25H24N2O5S/c1-32-20-12-10-18(11-13-20)27-25(31)24(17-6-3-2-4-7-17)33-21-9-5-8-19(16-21)26-22(28)14-15-23(29)30/h2-13,16,24H,14-15H2,1H3,(H,26,28)(H,27,31)(H,29,30). The largest absolute Gasteiger partial charge is 0.497 e. The summed E-state index contributed by atoms with van der Waals surface area (Å²) in [5.41, 5.74) is 2.03. The lowest BCUT2D eigenvalue weighted by atomic mass is 10.1. The first-order valence-electron chi connectivity index (χ1n) is 10.2. The van der Waals surface area contributed by atoms with Gasteiger partial charge in [0, 0.05) is 22.7 Å². The molecule has 0 aromatic heterocycles. The summed E-state index contributed by atoms with van der Waals surface area (Å²) in [6.07, 6.45) is -0.342. The number of aliphatic carboxylic acids is 1. The molecule has 3 rings (SSSR count). The second-order valence-corrected chi connectivity index (χ2v) is 8.27. The maximum absolute atomic E-state index is 13.2. The first-order valence-corrected chi connectivity index (χ1v) is 11.1. The molecule has 0 saturated heterocycles. The Morgan fingerprint density at radius 2 is 1.61 bits per heavy atom. The van der Waals surface area contributed by atoms with Gasteiger partial charge >= 0.3 is 5.97 Å². The molecule has 0 bridgehead atoms. The maximum atomic E-state index is 13.2. The molecule has 170 valence electrons. The third kappa shape index (κ3) is 7.40. The van der Waals surface area contributed by atoms with Crippen LogP contribution in [0.1, 0.15) is 23.7 Å². The van der Waals surface area contributed by atoms with Gasteiger partial charge < -0.3 is 20.5 Å². The minimum Gasteiger partial charge on any atom is -0.497 e. The van der Waals surface area contributed by atoms with E-state index < -0.39 is 11.2 Å². The zero-order valence-corrected chi connectivity index (χ0v) is 18.8. The van der Waals surface area contributed by atoms with Crippen LogP contribution in [-0.2, 0) is 14.4 Å². The van der Waals surface area contributed by atoms with Crippen LogP contribution < -0.4 is 15.4 Å². The third-order valence-corrected chi connectivity index (χ3v) is 5.88. The predicted molar refractivity (Wildman–Crippen MR) is 129 cm³/mol. The molecule has 1 unspecified atom stereocenters. The predicted octanol–water partition coefficient (Wildman–Crippen LogP) is 4.97. The highest BCUT2D eigenvalue weighted by Gasteiger charge is 2.22. The lowest BCUT2D eigenvalue weighted by Crippen LogP contribution is -2.19. The molecule has 0 spiro atoms. The lowest BCUT2D eigenvalue weighted by molar-refractivity contribution is -0.138. The molecule has 0 aliphatic carbocycles. The van der Waals surface area contributed by atoms with Gasteiger partial charge in [0.2, 0.25) is 11.8 Å². The molecule has 0 aliphatic heterocycles. The fraction of sp³-hybridized carbons (Fsp3) is 0.160. The van der Waals surface area contributed by atoms with Gasteiger partial charge in [-0.25, -0.2) is 0 Å². The number of amides is 2. The number of methoxy groups -OCH3 is 1. The van der Waals surface area contributed by atoms with Crippen LogP contribution >= 0.6 is 11.8 Å². The Labute approximate surface area is 196 Å². The minimum atomic E-state index is -1.02. The maximum Gasteiger partial charge on any atom is 0.303 e. The van der Waals surface area contributed by atoms with E-state index in [1.165, 1.54) is 11.8 Å². The van der Waals surface area contributed by atoms with Crippen LogP contribution in [0.25, 0.3) is 0 Å². The fourth-order valence-corrected chi connectivity index (χ4v) is 4.09. The first kappa shape index (κ1) is 23.9. The molecular formula is C25H24N2O5S. The van der Waals surface area contributed by atoms with E-state index in [1.807, 2.05) is 36.4 Å². The summed E-state index contributed by atoms with van der Waals surface area (Å²) in [5.74, 6) is -0.893. The summed E-state index contributed by atoms with van der Waals surface area (Å²) in [4.78, 5) is 36.6. The summed E-state index contributed by atoms with van der Waals surface area (Å²) in [7, 11) is 1.58. The summed E-state index contributed by atoms with van der Waals surface area (Å²) in [6.45, 7) is 0. The summed E-state index contributed by atoms with van der Waals surface area (Å²) in [5, 5.41) is 13.8. The van der Waals surface area contributed by atoms with Gasteiger partial charge in [0.15, 0.2) is 0 Å². The van der Waals surface area contributed by atoms with Crippen LogP contribution in [0.4, 0.5) is 11.4 Å². The number of carboxylic acid groups (broad SMARTS) is 1. The highest BCUT2D eigenvalue weighted by molar-refractivity contribution is 8.00. The van der Waals surface area contributed by atoms with E-state index in [2.05, 4.69) is 10.6 Å². The van der Waals surface area contributed by atoms with Gasteiger partial charge in [-0.1, -0.05) is 36.4 Å². The van der Waals surface area contributed by atoms with E-state index in [0.717, 1.165) is 10.5 Å². The number of benzene rings is 3. The number of rotatable bonds is 10. The van der Waals surface area contributed by atoms with Gasteiger partial charge in [0.25, 0.3) is 0 Å². The average Bonchev–Trinajstić information content (AvgIpc) is 2.82. The smallest absolute Gasteiger partial charge is 0.303 e. The number of hydrogen-bond donors (Lipinski definition) is 3. The molecule has 0 heterocycles. The molecule has 33 heavy (non-hydrogen) atoms. The second-order valence-electron chi connectivity index (χ2n) is 7.10. The molecule has 7 nitrogen and oxygen atoms in total. The van der Waals surface area contributed by atoms with Crippen molar-refractivity contribution in [1.82, 2.24) is 0 Å². The van der Waals surface area contributed by atoms with Gasteiger partial charge in [-0.05, 0) is 48.0 Å². The van der Waals surface area contributed by atoms with Gasteiger partial charge in [0.1, 0.15) is 11.0 Å². The molecular weight excluding hydrogens is 440 g/mol. The molecule has 1 atom stereocenters. The van der Waals surface area contributed by atoms with Crippen LogP contribution in [0, 0.1) is 0 Å². The van der Waals surface area contributed by atoms with Crippen LogP contribution in [0.3, 0.4) is 0 Å². The minimum absolute atomic E-state index is 0.108. The number of hydrogen-bond acceptors (Lipinski definition) is 5. The third-order valence-electron chi connectivity index (χ3n) is 4.64. The SMILES string of the molecule is COc1ccc(NC(=O)C(Sc2cccc(NC(=O)CCC(=O)O)c2)c2ccccc2)cc1. The van der Waals surface area contributed by atoms with Crippen LogP contribution in [0.15, 0.2) is 83.8 Å². The Morgan fingerprint density at radius 3 is 2.27 bits per heavy atom. The van der Waals surface area contributed by atoms with Crippen molar-refractivity contribution in [3.8, 4) is 5.75 Å². The van der Waals surface area contributed by atoms with Gasteiger partial charge in [-0.3, -0.25) is 14.4 Å². The van der Waals surface area contributed by atoms with Crippen molar-refractivity contribution in [3.63, 3.8) is 0 Å². The summed E-state index contributed by atoms with van der Waals surface area (Å²) in [6, 6.07) is 23.6. The Balaban J connectivity index is 1.76. The highest BCUT2D eigenvalue weighted by Crippen LogP contribution is 2.37. The summed E-state index contributed by atoms with van der Waals surface area (Å²) < 4.78 is 5.16. The van der Waals surface area contributed by atoms with E-state index in [0.29, 0.717) is 17.1 Å². The zero-order valence-electron chi connectivity index (χ0n) is 18.0. The molecule has 3 N–H and O–H groups in total. The van der Waals surface area contributed by atoms with E-state index >= 15 is 0 Å². The monoisotopic (exact) mass is 464 g/mol. The van der Waals surface area contributed by atoms with E-state index in [4.69, 9.17) is 9.84 Å². The van der Waals surface area contributed by atoms with Crippen molar-refractivity contribution in [2.45, 2.75) is 23.0 Å². The molecule has 0 fully saturated rings.